The molecule has 0 atom stereocenters. The van der Waals surface area contributed by atoms with Crippen molar-refractivity contribution in [3.05, 3.63) is 47.7 Å². The second-order valence-corrected chi connectivity index (χ2v) is 7.77. The molecule has 1 aliphatic heterocycles. The Hall–Kier alpha value is -3.08. The predicted octanol–water partition coefficient (Wildman–Crippen LogP) is 2.07. The number of aryl methyl sites for hydroxylation is 1. The first-order valence-electron chi connectivity index (χ1n) is 9.53. The van der Waals surface area contributed by atoms with Crippen molar-refractivity contribution in [1.82, 2.24) is 19.7 Å². The van der Waals surface area contributed by atoms with E-state index in [9.17, 15) is 9.59 Å². The van der Waals surface area contributed by atoms with Gasteiger partial charge in [0.25, 0.3) is 5.91 Å². The van der Waals surface area contributed by atoms with Gasteiger partial charge in [0.1, 0.15) is 10.7 Å². The number of hydrogen-bond donors (Lipinski definition) is 2. The molecular formula is C20H22N6O3S. The first-order chi connectivity index (χ1) is 14.6. The second kappa shape index (κ2) is 9.16. The van der Waals surface area contributed by atoms with E-state index in [0.717, 1.165) is 23.7 Å². The maximum Gasteiger partial charge on any atom is 0.275 e. The Morgan fingerprint density at radius 1 is 1.13 bits per heavy atom. The van der Waals surface area contributed by atoms with Gasteiger partial charge >= 0.3 is 0 Å². The summed E-state index contributed by atoms with van der Waals surface area (Å²) in [6.07, 6.45) is 3.57. The van der Waals surface area contributed by atoms with Gasteiger partial charge in [0.15, 0.2) is 0 Å². The normalized spacial score (nSPS) is 14.4. The highest BCUT2D eigenvalue weighted by Gasteiger charge is 2.15. The van der Waals surface area contributed by atoms with Crippen molar-refractivity contribution >= 4 is 34.5 Å². The Labute approximate surface area is 177 Å². The molecule has 2 N–H and O–H groups in total. The summed E-state index contributed by atoms with van der Waals surface area (Å²) in [5, 5.41) is 12.3. The van der Waals surface area contributed by atoms with Crippen LogP contribution in [0, 0.1) is 0 Å². The van der Waals surface area contributed by atoms with Crippen molar-refractivity contribution in [3.8, 4) is 10.6 Å². The van der Waals surface area contributed by atoms with Gasteiger partial charge in [-0.3, -0.25) is 19.2 Å². The molecule has 0 saturated carbocycles. The first kappa shape index (κ1) is 20.2. The Morgan fingerprint density at radius 3 is 2.50 bits per heavy atom. The van der Waals surface area contributed by atoms with Crippen LogP contribution in [-0.4, -0.2) is 64.3 Å². The quantitative estimate of drug-likeness (QED) is 0.626. The minimum absolute atomic E-state index is 0.0703. The minimum atomic E-state index is -0.287. The summed E-state index contributed by atoms with van der Waals surface area (Å²) in [7, 11) is 1.83. The zero-order valence-electron chi connectivity index (χ0n) is 16.5. The van der Waals surface area contributed by atoms with Crippen LogP contribution in [0.5, 0.6) is 0 Å². The third-order valence-electron chi connectivity index (χ3n) is 4.59. The van der Waals surface area contributed by atoms with Crippen LogP contribution in [0.4, 0.5) is 11.4 Å². The molecule has 0 spiro atoms. The fourth-order valence-corrected chi connectivity index (χ4v) is 3.81. The largest absolute Gasteiger partial charge is 0.379 e. The lowest BCUT2D eigenvalue weighted by Crippen LogP contribution is -2.41. The molecule has 3 aromatic rings. The molecule has 0 radical (unpaired) electrons. The molecule has 4 rings (SSSR count). The molecule has 0 unspecified atom stereocenters. The zero-order valence-corrected chi connectivity index (χ0v) is 17.3. The molecule has 1 fully saturated rings. The molecular weight excluding hydrogens is 404 g/mol. The molecule has 1 aromatic carbocycles. The molecule has 9 nitrogen and oxygen atoms in total. The predicted molar refractivity (Wildman–Crippen MR) is 115 cm³/mol. The van der Waals surface area contributed by atoms with Crippen molar-refractivity contribution in [1.29, 1.82) is 0 Å². The number of carbonyl (C=O) groups excluding carboxylic acids is 2. The van der Waals surface area contributed by atoms with E-state index < -0.39 is 0 Å². The van der Waals surface area contributed by atoms with Crippen LogP contribution in [0.25, 0.3) is 10.6 Å². The number of morpholine rings is 1. The molecule has 3 heterocycles. The molecule has 30 heavy (non-hydrogen) atoms. The monoisotopic (exact) mass is 426 g/mol. The number of aromatic nitrogens is 3. The fraction of sp³-hybridized carbons (Fsp3) is 0.300. The average Bonchev–Trinajstić information content (AvgIpc) is 3.39. The number of rotatable bonds is 6. The highest BCUT2D eigenvalue weighted by atomic mass is 32.1. The Morgan fingerprint density at radius 2 is 1.83 bits per heavy atom. The minimum Gasteiger partial charge on any atom is -0.379 e. The number of nitrogens with zero attached hydrogens (tertiary/aromatic N) is 4. The Kier molecular flexibility index (Phi) is 6.17. The molecule has 1 aliphatic rings. The van der Waals surface area contributed by atoms with E-state index >= 15 is 0 Å². The highest BCUT2D eigenvalue weighted by Crippen LogP contribution is 2.23. The van der Waals surface area contributed by atoms with Crippen LogP contribution in [0.3, 0.4) is 0 Å². The van der Waals surface area contributed by atoms with E-state index in [1.165, 1.54) is 11.3 Å². The standard InChI is InChI=1S/C20H22N6O3S/c1-25-11-14(10-21-25)20-24-17(13-30-20)19(28)23-16-4-2-15(3-5-16)22-18(27)12-26-6-8-29-9-7-26/h2-5,10-11,13H,6-9,12H2,1H3,(H,22,27)(H,23,28). The third kappa shape index (κ3) is 5.09. The van der Waals surface area contributed by atoms with Crippen molar-refractivity contribution in [2.24, 2.45) is 7.05 Å². The maximum atomic E-state index is 12.5. The fourth-order valence-electron chi connectivity index (χ4n) is 3.04. The topological polar surface area (TPSA) is 101 Å². The lowest BCUT2D eigenvalue weighted by molar-refractivity contribution is -0.118. The van der Waals surface area contributed by atoms with Gasteiger partial charge in [-0.1, -0.05) is 0 Å². The van der Waals surface area contributed by atoms with Crippen molar-refractivity contribution in [2.45, 2.75) is 0 Å². The first-order valence-corrected chi connectivity index (χ1v) is 10.4. The SMILES string of the molecule is Cn1cc(-c2nc(C(=O)Nc3ccc(NC(=O)CN4CCOCC4)cc3)cs2)cn1. The summed E-state index contributed by atoms with van der Waals surface area (Å²) in [6, 6.07) is 7.01. The van der Waals surface area contributed by atoms with Gasteiger partial charge in [0, 0.05) is 48.7 Å². The van der Waals surface area contributed by atoms with E-state index in [0.29, 0.717) is 36.8 Å². The molecule has 1 saturated heterocycles. The summed E-state index contributed by atoms with van der Waals surface area (Å²) in [6.45, 7) is 3.18. The molecule has 10 heteroatoms. The highest BCUT2D eigenvalue weighted by molar-refractivity contribution is 7.13. The summed E-state index contributed by atoms with van der Waals surface area (Å²) >= 11 is 1.39. The zero-order chi connectivity index (χ0) is 20.9. The van der Waals surface area contributed by atoms with E-state index in [2.05, 4.69) is 25.6 Å². The van der Waals surface area contributed by atoms with Crippen molar-refractivity contribution in [3.63, 3.8) is 0 Å². The molecule has 2 aromatic heterocycles. The molecule has 0 aliphatic carbocycles. The van der Waals surface area contributed by atoms with Crippen LogP contribution >= 0.6 is 11.3 Å². The lowest BCUT2D eigenvalue weighted by Gasteiger charge is -2.25. The van der Waals surface area contributed by atoms with E-state index in [-0.39, 0.29) is 11.8 Å². The van der Waals surface area contributed by atoms with Crippen molar-refractivity contribution in [2.75, 3.05) is 43.5 Å². The van der Waals surface area contributed by atoms with Gasteiger partial charge in [0.2, 0.25) is 5.91 Å². The number of thiazole rings is 1. The third-order valence-corrected chi connectivity index (χ3v) is 5.48. The smallest absolute Gasteiger partial charge is 0.275 e. The van der Waals surface area contributed by atoms with Crippen LogP contribution in [-0.2, 0) is 16.6 Å². The summed E-state index contributed by atoms with van der Waals surface area (Å²) in [4.78, 5) is 31.1. The lowest BCUT2D eigenvalue weighted by atomic mass is 10.2. The molecule has 0 bridgehead atoms. The van der Waals surface area contributed by atoms with Crippen molar-refractivity contribution < 1.29 is 14.3 Å². The van der Waals surface area contributed by atoms with Crippen LogP contribution in [0.2, 0.25) is 0 Å². The molecule has 156 valence electrons. The van der Waals surface area contributed by atoms with Crippen LogP contribution in [0.1, 0.15) is 10.5 Å². The van der Waals surface area contributed by atoms with E-state index in [1.54, 1.807) is 40.5 Å². The number of ether oxygens (including phenoxy) is 1. The summed E-state index contributed by atoms with van der Waals surface area (Å²) < 4.78 is 6.98. The number of nitrogens with one attached hydrogen (secondary N) is 2. The number of anilines is 2. The van der Waals surface area contributed by atoms with Gasteiger partial charge in [-0.2, -0.15) is 5.10 Å². The van der Waals surface area contributed by atoms with Gasteiger partial charge < -0.3 is 15.4 Å². The number of carbonyl (C=O) groups is 2. The van der Waals surface area contributed by atoms with Gasteiger partial charge in [-0.25, -0.2) is 4.98 Å². The van der Waals surface area contributed by atoms with Crippen LogP contribution < -0.4 is 10.6 Å². The number of benzene rings is 1. The van der Waals surface area contributed by atoms with E-state index in [4.69, 9.17) is 4.74 Å². The molecule has 2 amide bonds. The summed E-state index contributed by atoms with van der Waals surface area (Å²) in [5.74, 6) is -0.357. The van der Waals surface area contributed by atoms with E-state index in [1.807, 2.05) is 13.2 Å². The maximum absolute atomic E-state index is 12.5. The van der Waals surface area contributed by atoms with Gasteiger partial charge in [-0.05, 0) is 24.3 Å². The number of amides is 2. The number of hydrogen-bond acceptors (Lipinski definition) is 7. The van der Waals surface area contributed by atoms with Gasteiger partial charge in [0.05, 0.1) is 26.0 Å². The van der Waals surface area contributed by atoms with Gasteiger partial charge in [-0.15, -0.1) is 11.3 Å². The summed E-state index contributed by atoms with van der Waals surface area (Å²) in [5.41, 5.74) is 2.53. The Balaban J connectivity index is 1.31. The Bertz CT molecular complexity index is 1020. The van der Waals surface area contributed by atoms with Crippen LogP contribution in [0.15, 0.2) is 42.0 Å². The average molecular weight is 427 g/mol. The second-order valence-electron chi connectivity index (χ2n) is 6.91.